The zero-order valence-corrected chi connectivity index (χ0v) is 27.0. The monoisotopic (exact) mass is 622 g/mol. The van der Waals surface area contributed by atoms with Crippen LogP contribution in [0.3, 0.4) is 0 Å². The smallest absolute Gasteiger partial charge is 0.407 e. The zero-order chi connectivity index (χ0) is 32.3. The number of amides is 2. The Bertz CT molecular complexity index is 1690. The average molecular weight is 623 g/mol. The summed E-state index contributed by atoms with van der Waals surface area (Å²) < 4.78 is 13.3. The third-order valence-corrected chi connectivity index (χ3v) is 7.89. The summed E-state index contributed by atoms with van der Waals surface area (Å²) >= 11 is 0. The van der Waals surface area contributed by atoms with Gasteiger partial charge in [-0.05, 0) is 119 Å². The highest BCUT2D eigenvalue weighted by atomic mass is 16.6. The Kier molecular flexibility index (Phi) is 9.08. The van der Waals surface area contributed by atoms with Crippen molar-refractivity contribution < 1.29 is 19.1 Å². The van der Waals surface area contributed by atoms with Crippen molar-refractivity contribution in [1.29, 1.82) is 0 Å². The molecule has 2 aliphatic rings. The van der Waals surface area contributed by atoms with Crippen LogP contribution in [0.4, 0.5) is 10.5 Å². The van der Waals surface area contributed by atoms with Crippen LogP contribution in [0.15, 0.2) is 73.3 Å². The van der Waals surface area contributed by atoms with Gasteiger partial charge in [-0.3, -0.25) is 14.7 Å². The number of pyridine rings is 1. The standard InChI is InChI=1S/C36H42N6O4/c1-24-20-42(23-38-24)30-17-25(21-41-15-5-6-28(22-41)40-35(44)46-36(2,3)4)16-29(19-30)39-34(43)33-18-27(13-14-37-33)26-7-9-31(10-8-26)45-32-11-12-32/h7-10,13-14,16-20,23,28,32H,5-6,11-12,15,21-22H2,1-4H3,(H,39,43)(H,40,44)/t28-/m0/s1. The first-order valence-corrected chi connectivity index (χ1v) is 16.0. The van der Waals surface area contributed by atoms with Crippen molar-refractivity contribution in [3.8, 4) is 22.6 Å². The summed E-state index contributed by atoms with van der Waals surface area (Å²) in [6.07, 6.45) is 9.43. The van der Waals surface area contributed by atoms with Crippen LogP contribution >= 0.6 is 0 Å². The maximum atomic E-state index is 13.5. The molecular weight excluding hydrogens is 580 g/mol. The normalized spacial score (nSPS) is 16.9. The average Bonchev–Trinajstić information content (AvgIpc) is 3.72. The number of hydrogen-bond donors (Lipinski definition) is 2. The summed E-state index contributed by atoms with van der Waals surface area (Å²) in [5.41, 5.74) is 5.17. The molecular formula is C36H42N6O4. The lowest BCUT2D eigenvalue weighted by Gasteiger charge is -2.33. The Morgan fingerprint density at radius 2 is 1.78 bits per heavy atom. The van der Waals surface area contributed by atoms with Crippen molar-refractivity contribution in [2.24, 2.45) is 0 Å². The Morgan fingerprint density at radius 3 is 2.50 bits per heavy atom. The first-order valence-electron chi connectivity index (χ1n) is 16.0. The van der Waals surface area contributed by atoms with Gasteiger partial charge in [-0.15, -0.1) is 0 Å². The van der Waals surface area contributed by atoms with Gasteiger partial charge < -0.3 is 24.7 Å². The summed E-state index contributed by atoms with van der Waals surface area (Å²) in [4.78, 5) is 37.0. The number of hydrogen-bond acceptors (Lipinski definition) is 7. The van der Waals surface area contributed by atoms with Gasteiger partial charge in [-0.1, -0.05) is 12.1 Å². The molecule has 10 heteroatoms. The molecule has 2 fully saturated rings. The van der Waals surface area contributed by atoms with Gasteiger partial charge in [0.25, 0.3) is 5.91 Å². The SMILES string of the molecule is Cc1cn(-c2cc(CN3CCC[C@H](NC(=O)OC(C)(C)C)C3)cc(NC(=O)c3cc(-c4ccc(OC5CC5)cc4)ccn3)c2)cn1. The van der Waals surface area contributed by atoms with Crippen LogP contribution in [0.25, 0.3) is 16.8 Å². The molecule has 0 radical (unpaired) electrons. The second-order valence-electron chi connectivity index (χ2n) is 13.3. The molecule has 2 aromatic carbocycles. The lowest BCUT2D eigenvalue weighted by atomic mass is 10.0. The maximum Gasteiger partial charge on any atom is 0.407 e. The summed E-state index contributed by atoms with van der Waals surface area (Å²) in [5.74, 6) is 0.571. The number of anilines is 1. The van der Waals surface area contributed by atoms with Gasteiger partial charge in [0.2, 0.25) is 0 Å². The highest BCUT2D eigenvalue weighted by Gasteiger charge is 2.25. The number of imidazole rings is 1. The van der Waals surface area contributed by atoms with Gasteiger partial charge in [-0.25, -0.2) is 9.78 Å². The number of aryl methyl sites for hydroxylation is 1. The van der Waals surface area contributed by atoms with E-state index in [2.05, 4.69) is 31.6 Å². The van der Waals surface area contributed by atoms with Crippen LogP contribution in [0.2, 0.25) is 0 Å². The van der Waals surface area contributed by atoms with E-state index in [1.165, 1.54) is 0 Å². The molecule has 0 spiro atoms. The van der Waals surface area contributed by atoms with E-state index in [0.717, 1.165) is 66.0 Å². The minimum atomic E-state index is -0.543. The second kappa shape index (κ2) is 13.3. The fourth-order valence-corrected chi connectivity index (χ4v) is 5.63. The number of nitrogens with one attached hydrogen (secondary N) is 2. The van der Waals surface area contributed by atoms with Crippen molar-refractivity contribution in [2.75, 3.05) is 18.4 Å². The van der Waals surface area contributed by atoms with Crippen LogP contribution in [0, 0.1) is 6.92 Å². The molecule has 1 saturated heterocycles. The Labute approximate surface area is 270 Å². The van der Waals surface area contributed by atoms with E-state index in [-0.39, 0.29) is 18.0 Å². The highest BCUT2D eigenvalue weighted by molar-refractivity contribution is 6.03. The number of ether oxygens (including phenoxy) is 2. The first-order chi connectivity index (χ1) is 22.1. The van der Waals surface area contributed by atoms with E-state index >= 15 is 0 Å². The highest BCUT2D eigenvalue weighted by Crippen LogP contribution is 2.29. The number of alkyl carbamates (subject to hydrolysis) is 1. The van der Waals surface area contributed by atoms with Crippen molar-refractivity contribution in [3.63, 3.8) is 0 Å². The quantitative estimate of drug-likeness (QED) is 0.219. The van der Waals surface area contributed by atoms with Crippen molar-refractivity contribution in [3.05, 3.63) is 90.3 Å². The molecule has 2 amide bonds. The predicted octanol–water partition coefficient (Wildman–Crippen LogP) is 6.53. The van der Waals surface area contributed by atoms with Gasteiger partial charge in [0, 0.05) is 42.9 Å². The van der Waals surface area contributed by atoms with Gasteiger partial charge in [-0.2, -0.15) is 0 Å². The molecule has 10 nitrogen and oxygen atoms in total. The van der Waals surface area contributed by atoms with Crippen molar-refractivity contribution >= 4 is 17.7 Å². The molecule has 0 unspecified atom stereocenters. The van der Waals surface area contributed by atoms with Crippen molar-refractivity contribution in [1.82, 2.24) is 24.8 Å². The second-order valence-corrected chi connectivity index (χ2v) is 13.3. The summed E-state index contributed by atoms with van der Waals surface area (Å²) in [6.45, 7) is 9.81. The number of aromatic nitrogens is 3. The summed E-state index contributed by atoms with van der Waals surface area (Å²) in [7, 11) is 0. The van der Waals surface area contributed by atoms with E-state index in [1.807, 2.05) is 87.0 Å². The molecule has 1 aliphatic carbocycles. The van der Waals surface area contributed by atoms with E-state index in [4.69, 9.17) is 9.47 Å². The van der Waals surface area contributed by atoms with Gasteiger partial charge in [0.15, 0.2) is 0 Å². The fraction of sp³-hybridized carbons (Fsp3) is 0.389. The Morgan fingerprint density at radius 1 is 0.978 bits per heavy atom. The molecule has 1 atom stereocenters. The molecule has 4 aromatic rings. The van der Waals surface area contributed by atoms with Crippen LogP contribution in [0.5, 0.6) is 5.75 Å². The topological polar surface area (TPSA) is 111 Å². The van der Waals surface area contributed by atoms with E-state index in [9.17, 15) is 9.59 Å². The van der Waals surface area contributed by atoms with Crippen LogP contribution < -0.4 is 15.4 Å². The largest absolute Gasteiger partial charge is 0.490 e. The number of carbonyl (C=O) groups excluding carboxylic acids is 2. The van der Waals surface area contributed by atoms with Crippen LogP contribution in [0.1, 0.15) is 68.2 Å². The lowest BCUT2D eigenvalue weighted by molar-refractivity contribution is 0.0470. The number of nitrogens with zero attached hydrogens (tertiary/aromatic N) is 4. The molecule has 1 aliphatic heterocycles. The van der Waals surface area contributed by atoms with Crippen LogP contribution in [-0.2, 0) is 11.3 Å². The minimum absolute atomic E-state index is 0.00234. The predicted molar refractivity (Wildman–Crippen MR) is 177 cm³/mol. The Balaban J connectivity index is 1.17. The van der Waals surface area contributed by atoms with Gasteiger partial charge in [0.1, 0.15) is 17.0 Å². The zero-order valence-electron chi connectivity index (χ0n) is 27.0. The number of likely N-dealkylation sites (tertiary alicyclic amines) is 1. The molecule has 46 heavy (non-hydrogen) atoms. The lowest BCUT2D eigenvalue weighted by Crippen LogP contribution is -2.48. The third-order valence-electron chi connectivity index (χ3n) is 7.89. The molecule has 2 N–H and O–H groups in total. The summed E-state index contributed by atoms with van der Waals surface area (Å²) in [6, 6.07) is 17.7. The van der Waals surface area contributed by atoms with E-state index in [1.54, 1.807) is 12.5 Å². The van der Waals surface area contributed by atoms with Gasteiger partial charge in [0.05, 0.1) is 18.1 Å². The molecule has 240 valence electrons. The number of rotatable bonds is 9. The molecule has 3 heterocycles. The minimum Gasteiger partial charge on any atom is -0.490 e. The number of carbonyl (C=O) groups is 2. The summed E-state index contributed by atoms with van der Waals surface area (Å²) in [5, 5.41) is 6.11. The van der Waals surface area contributed by atoms with Crippen LogP contribution in [-0.4, -0.2) is 62.3 Å². The fourth-order valence-electron chi connectivity index (χ4n) is 5.63. The number of benzene rings is 2. The Hall–Kier alpha value is -4.70. The number of piperidine rings is 1. The molecule has 6 rings (SSSR count). The van der Waals surface area contributed by atoms with E-state index in [0.29, 0.717) is 30.6 Å². The molecule has 2 aromatic heterocycles. The van der Waals surface area contributed by atoms with Gasteiger partial charge >= 0.3 is 6.09 Å². The molecule has 0 bridgehead atoms. The maximum absolute atomic E-state index is 13.5. The first kappa shape index (κ1) is 31.3. The van der Waals surface area contributed by atoms with Crippen molar-refractivity contribution in [2.45, 2.75) is 77.7 Å². The molecule has 1 saturated carbocycles. The van der Waals surface area contributed by atoms with E-state index < -0.39 is 5.60 Å². The third kappa shape index (κ3) is 8.51.